The average molecular weight is 298 g/mol. The third kappa shape index (κ3) is 2.30. The van der Waals surface area contributed by atoms with E-state index < -0.39 is 0 Å². The highest BCUT2D eigenvalue weighted by atomic mass is 16.5. The molecule has 0 saturated heterocycles. The maximum absolute atomic E-state index is 12.6. The number of Topliss-reactive ketones (excluding diaryl/α,β-unsaturated/α-hetero) is 1. The second-order valence-electron chi connectivity index (χ2n) is 5.25. The van der Waals surface area contributed by atoms with E-state index >= 15 is 0 Å². The molecule has 4 heteroatoms. The zero-order valence-electron chi connectivity index (χ0n) is 12.9. The molecule has 0 amide bonds. The third-order valence-electron chi connectivity index (χ3n) is 3.96. The second kappa shape index (κ2) is 5.72. The van der Waals surface area contributed by atoms with Crippen LogP contribution in [0.3, 0.4) is 0 Å². The smallest absolute Gasteiger partial charge is 0.174 e. The molecule has 3 rings (SSSR count). The van der Waals surface area contributed by atoms with Crippen molar-refractivity contribution in [3.63, 3.8) is 0 Å². The fourth-order valence-corrected chi connectivity index (χ4v) is 2.85. The first-order chi connectivity index (χ1) is 10.7. The predicted molar refractivity (Wildman–Crippen MR) is 83.0 cm³/mol. The van der Waals surface area contributed by atoms with Gasteiger partial charge in [0.05, 0.1) is 20.6 Å². The van der Waals surface area contributed by atoms with Crippen LogP contribution in [0.1, 0.15) is 34.0 Å². The number of carbonyl (C=O) groups is 1. The minimum atomic E-state index is -0.279. The Morgan fingerprint density at radius 1 is 1.14 bits per heavy atom. The second-order valence-corrected chi connectivity index (χ2v) is 5.25. The highest BCUT2D eigenvalue weighted by Gasteiger charge is 2.32. The standard InChI is InChI=1S/C18H18O4/c1-11-14(20-2)10-16-17(18(11)21-3)13(19)9-15(22-16)12-7-5-4-6-8-12/h4-8,10,15H,9H2,1-3H3/t15-/m0/s1. The summed E-state index contributed by atoms with van der Waals surface area (Å²) in [6.45, 7) is 1.87. The van der Waals surface area contributed by atoms with Gasteiger partial charge in [0, 0.05) is 11.6 Å². The number of fused-ring (bicyclic) bond motifs is 1. The molecule has 0 aliphatic carbocycles. The Bertz CT molecular complexity index is 707. The molecule has 0 spiro atoms. The summed E-state index contributed by atoms with van der Waals surface area (Å²) >= 11 is 0. The van der Waals surface area contributed by atoms with Crippen LogP contribution in [0.25, 0.3) is 0 Å². The summed E-state index contributed by atoms with van der Waals surface area (Å²) in [4.78, 5) is 12.6. The van der Waals surface area contributed by atoms with Crippen molar-refractivity contribution in [3.05, 3.63) is 53.1 Å². The molecule has 0 saturated carbocycles. The van der Waals surface area contributed by atoms with Crippen molar-refractivity contribution >= 4 is 5.78 Å². The number of benzene rings is 2. The number of methoxy groups -OCH3 is 2. The zero-order chi connectivity index (χ0) is 15.7. The fraction of sp³-hybridized carbons (Fsp3) is 0.278. The van der Waals surface area contributed by atoms with Crippen LogP contribution in [-0.2, 0) is 0 Å². The summed E-state index contributed by atoms with van der Waals surface area (Å²) in [6, 6.07) is 11.5. The fourth-order valence-electron chi connectivity index (χ4n) is 2.85. The molecule has 0 unspecified atom stereocenters. The van der Waals surface area contributed by atoms with E-state index in [0.717, 1.165) is 11.1 Å². The Balaban J connectivity index is 2.08. The van der Waals surface area contributed by atoms with Gasteiger partial charge >= 0.3 is 0 Å². The van der Waals surface area contributed by atoms with Crippen molar-refractivity contribution in [1.29, 1.82) is 0 Å². The van der Waals surface area contributed by atoms with Gasteiger partial charge in [-0.2, -0.15) is 0 Å². The van der Waals surface area contributed by atoms with Gasteiger partial charge in [-0.25, -0.2) is 0 Å². The van der Waals surface area contributed by atoms with E-state index in [9.17, 15) is 4.79 Å². The molecule has 0 bridgehead atoms. The van der Waals surface area contributed by atoms with Gasteiger partial charge in [-0.15, -0.1) is 0 Å². The Morgan fingerprint density at radius 3 is 2.50 bits per heavy atom. The van der Waals surface area contributed by atoms with Crippen molar-refractivity contribution in [2.75, 3.05) is 14.2 Å². The summed E-state index contributed by atoms with van der Waals surface area (Å²) < 4.78 is 16.8. The number of rotatable bonds is 3. The van der Waals surface area contributed by atoms with Gasteiger partial charge in [0.25, 0.3) is 0 Å². The maximum atomic E-state index is 12.6. The van der Waals surface area contributed by atoms with E-state index in [4.69, 9.17) is 14.2 Å². The lowest BCUT2D eigenvalue weighted by Crippen LogP contribution is -2.21. The molecule has 0 aromatic heterocycles. The van der Waals surface area contributed by atoms with Crippen molar-refractivity contribution in [3.8, 4) is 17.2 Å². The third-order valence-corrected chi connectivity index (χ3v) is 3.96. The van der Waals surface area contributed by atoms with Crippen LogP contribution in [-0.4, -0.2) is 20.0 Å². The van der Waals surface area contributed by atoms with E-state index in [-0.39, 0.29) is 11.9 Å². The van der Waals surface area contributed by atoms with Gasteiger partial charge in [-0.3, -0.25) is 4.79 Å². The maximum Gasteiger partial charge on any atom is 0.174 e. The molecule has 1 aliphatic heterocycles. The predicted octanol–water partition coefficient (Wildman–Crippen LogP) is 3.72. The molecule has 0 radical (unpaired) electrons. The van der Waals surface area contributed by atoms with Crippen LogP contribution in [0.15, 0.2) is 36.4 Å². The SMILES string of the molecule is COc1cc2c(c(OC)c1C)C(=O)C[C@@H](c1ccccc1)O2. The lowest BCUT2D eigenvalue weighted by atomic mass is 9.94. The molecule has 2 aromatic rings. The number of carbonyl (C=O) groups excluding carboxylic acids is 1. The summed E-state index contributed by atoms with van der Waals surface area (Å²) in [5, 5.41) is 0. The van der Waals surface area contributed by atoms with Crippen LogP contribution in [0.2, 0.25) is 0 Å². The van der Waals surface area contributed by atoms with Gasteiger partial charge in [-0.1, -0.05) is 30.3 Å². The van der Waals surface area contributed by atoms with Crippen LogP contribution >= 0.6 is 0 Å². The number of ketones is 1. The van der Waals surface area contributed by atoms with Gasteiger partial charge < -0.3 is 14.2 Å². The highest BCUT2D eigenvalue weighted by Crippen LogP contribution is 2.44. The topological polar surface area (TPSA) is 44.8 Å². The van der Waals surface area contributed by atoms with Crippen molar-refractivity contribution in [2.45, 2.75) is 19.4 Å². The van der Waals surface area contributed by atoms with E-state index in [1.54, 1.807) is 20.3 Å². The molecular formula is C18H18O4. The molecule has 2 aromatic carbocycles. The Hall–Kier alpha value is -2.49. The Kier molecular flexibility index (Phi) is 3.75. The van der Waals surface area contributed by atoms with Crippen LogP contribution in [0.5, 0.6) is 17.2 Å². The molecule has 0 N–H and O–H groups in total. The average Bonchev–Trinajstić information content (AvgIpc) is 2.55. The van der Waals surface area contributed by atoms with Gasteiger partial charge in [0.1, 0.15) is 28.9 Å². The van der Waals surface area contributed by atoms with Crippen LogP contribution in [0.4, 0.5) is 0 Å². The summed E-state index contributed by atoms with van der Waals surface area (Å²) in [7, 11) is 3.14. The first-order valence-corrected chi connectivity index (χ1v) is 7.16. The van der Waals surface area contributed by atoms with Crippen LogP contribution < -0.4 is 14.2 Å². The van der Waals surface area contributed by atoms with Gasteiger partial charge in [-0.05, 0) is 12.5 Å². The van der Waals surface area contributed by atoms with E-state index in [1.165, 1.54) is 0 Å². The Labute approximate surface area is 129 Å². The molecule has 1 atom stereocenters. The quantitative estimate of drug-likeness (QED) is 0.866. The molecule has 1 aliphatic rings. The minimum Gasteiger partial charge on any atom is -0.496 e. The lowest BCUT2D eigenvalue weighted by Gasteiger charge is -2.28. The lowest BCUT2D eigenvalue weighted by molar-refractivity contribution is 0.0844. The largest absolute Gasteiger partial charge is 0.496 e. The molecular weight excluding hydrogens is 280 g/mol. The first kappa shape index (κ1) is 14.4. The molecule has 0 fully saturated rings. The van der Waals surface area contributed by atoms with Crippen molar-refractivity contribution < 1.29 is 19.0 Å². The Morgan fingerprint density at radius 2 is 1.86 bits per heavy atom. The normalized spacial score (nSPS) is 16.7. The van der Waals surface area contributed by atoms with E-state index in [0.29, 0.717) is 29.2 Å². The summed E-state index contributed by atoms with van der Waals surface area (Å²) in [5.41, 5.74) is 2.30. The van der Waals surface area contributed by atoms with Crippen molar-refractivity contribution in [2.24, 2.45) is 0 Å². The van der Waals surface area contributed by atoms with Gasteiger partial charge in [0.15, 0.2) is 5.78 Å². The van der Waals surface area contributed by atoms with E-state index in [2.05, 4.69) is 0 Å². The minimum absolute atomic E-state index is 0.0257. The first-order valence-electron chi connectivity index (χ1n) is 7.16. The van der Waals surface area contributed by atoms with Crippen LogP contribution in [0, 0.1) is 6.92 Å². The van der Waals surface area contributed by atoms with Crippen molar-refractivity contribution in [1.82, 2.24) is 0 Å². The number of hydrogen-bond acceptors (Lipinski definition) is 4. The molecule has 114 valence electrons. The molecule has 1 heterocycles. The van der Waals surface area contributed by atoms with Gasteiger partial charge in [0.2, 0.25) is 0 Å². The highest BCUT2D eigenvalue weighted by molar-refractivity contribution is 6.03. The zero-order valence-corrected chi connectivity index (χ0v) is 12.9. The number of hydrogen-bond donors (Lipinski definition) is 0. The van der Waals surface area contributed by atoms with E-state index in [1.807, 2.05) is 37.3 Å². The molecule has 4 nitrogen and oxygen atoms in total. The number of ether oxygens (including phenoxy) is 3. The summed E-state index contributed by atoms with van der Waals surface area (Å²) in [6.07, 6.45) is 0.0254. The monoisotopic (exact) mass is 298 g/mol. The summed E-state index contributed by atoms with van der Waals surface area (Å²) in [5.74, 6) is 1.73. The molecule has 22 heavy (non-hydrogen) atoms.